The van der Waals surface area contributed by atoms with E-state index in [-0.39, 0.29) is 0 Å². The third-order valence-corrected chi connectivity index (χ3v) is 3.39. The van der Waals surface area contributed by atoms with Gasteiger partial charge in [-0.3, -0.25) is 4.79 Å². The molecule has 2 aromatic rings. The minimum Gasteiger partial charge on any atom is -0.493 e. The van der Waals surface area contributed by atoms with Crippen LogP contribution in [-0.2, 0) is 0 Å². The van der Waals surface area contributed by atoms with Gasteiger partial charge in [0.25, 0.3) is 0 Å². The van der Waals surface area contributed by atoms with Crippen molar-refractivity contribution in [3.8, 4) is 23.0 Å². The summed E-state index contributed by atoms with van der Waals surface area (Å²) in [6, 6.07) is 11.0. The van der Waals surface area contributed by atoms with E-state index in [9.17, 15) is 4.79 Å². The van der Waals surface area contributed by atoms with Gasteiger partial charge in [-0.1, -0.05) is 31.0 Å². The van der Waals surface area contributed by atoms with E-state index in [1.54, 1.807) is 19.2 Å². The fraction of sp³-hybridized carbons (Fsp3) is 0.316. The Morgan fingerprint density at radius 1 is 1.09 bits per heavy atom. The molecule has 4 heteroatoms. The third kappa shape index (κ3) is 4.49. The molecule has 0 amide bonds. The Morgan fingerprint density at radius 2 is 1.78 bits per heavy atom. The standard InChI is InChI=1S/C19H22O4/c1-4-5-10-22-19-17(21-3)11-15(13-20)12-18(19)23-16-8-6-14(2)7-9-16/h6-9,11-13H,4-5,10H2,1-3H3. The summed E-state index contributed by atoms with van der Waals surface area (Å²) in [5.74, 6) is 2.17. The molecule has 2 aromatic carbocycles. The van der Waals surface area contributed by atoms with Crippen LogP contribution < -0.4 is 14.2 Å². The Bertz CT molecular complexity index is 647. The van der Waals surface area contributed by atoms with E-state index in [0.717, 1.165) is 24.7 Å². The van der Waals surface area contributed by atoms with Crippen LogP contribution in [0.3, 0.4) is 0 Å². The van der Waals surface area contributed by atoms with Crippen molar-refractivity contribution in [3.63, 3.8) is 0 Å². The van der Waals surface area contributed by atoms with Gasteiger partial charge < -0.3 is 14.2 Å². The average molecular weight is 314 g/mol. The summed E-state index contributed by atoms with van der Waals surface area (Å²) in [6.07, 6.45) is 2.73. The molecule has 0 spiro atoms. The number of rotatable bonds is 8. The minimum atomic E-state index is 0.478. The lowest BCUT2D eigenvalue weighted by Gasteiger charge is -2.16. The van der Waals surface area contributed by atoms with Crippen LogP contribution in [0.2, 0.25) is 0 Å². The zero-order valence-electron chi connectivity index (χ0n) is 13.8. The largest absolute Gasteiger partial charge is 0.493 e. The van der Waals surface area contributed by atoms with Crippen molar-refractivity contribution < 1.29 is 19.0 Å². The molecule has 0 radical (unpaired) electrons. The predicted octanol–water partition coefficient (Wildman–Crippen LogP) is 4.79. The molecule has 0 saturated heterocycles. The summed E-state index contributed by atoms with van der Waals surface area (Å²) in [5.41, 5.74) is 1.63. The van der Waals surface area contributed by atoms with Gasteiger partial charge in [0.15, 0.2) is 11.5 Å². The van der Waals surface area contributed by atoms with E-state index in [4.69, 9.17) is 14.2 Å². The van der Waals surface area contributed by atoms with E-state index in [1.807, 2.05) is 31.2 Å². The lowest BCUT2D eigenvalue weighted by atomic mass is 10.2. The van der Waals surface area contributed by atoms with Crippen molar-refractivity contribution in [2.75, 3.05) is 13.7 Å². The molecule has 0 aliphatic heterocycles. The van der Waals surface area contributed by atoms with E-state index < -0.39 is 0 Å². The average Bonchev–Trinajstić information content (AvgIpc) is 2.57. The monoisotopic (exact) mass is 314 g/mol. The molecule has 0 atom stereocenters. The lowest BCUT2D eigenvalue weighted by Crippen LogP contribution is -2.02. The molecule has 0 bridgehead atoms. The van der Waals surface area contributed by atoms with Gasteiger partial charge in [0.05, 0.1) is 13.7 Å². The van der Waals surface area contributed by atoms with Gasteiger partial charge in [0, 0.05) is 5.56 Å². The van der Waals surface area contributed by atoms with Crippen LogP contribution in [0.4, 0.5) is 0 Å². The smallest absolute Gasteiger partial charge is 0.204 e. The second kappa shape index (κ2) is 8.22. The zero-order valence-corrected chi connectivity index (χ0v) is 13.8. The number of carbonyl (C=O) groups excluding carboxylic acids is 1. The van der Waals surface area contributed by atoms with Gasteiger partial charge in [0.2, 0.25) is 5.75 Å². The normalized spacial score (nSPS) is 10.2. The summed E-state index contributed by atoms with van der Waals surface area (Å²) in [7, 11) is 1.55. The van der Waals surface area contributed by atoms with Crippen molar-refractivity contribution in [1.82, 2.24) is 0 Å². The molecule has 0 N–H and O–H groups in total. The first kappa shape index (κ1) is 16.9. The molecule has 2 rings (SSSR count). The number of methoxy groups -OCH3 is 1. The Labute approximate surface area is 137 Å². The molecule has 0 fully saturated rings. The van der Waals surface area contributed by atoms with Crippen molar-refractivity contribution in [3.05, 3.63) is 47.5 Å². The molecular weight excluding hydrogens is 292 g/mol. The quantitative estimate of drug-likeness (QED) is 0.519. The number of unbranched alkanes of at least 4 members (excludes halogenated alkanes) is 1. The Kier molecular flexibility index (Phi) is 6.03. The predicted molar refractivity (Wildman–Crippen MR) is 90.0 cm³/mol. The van der Waals surface area contributed by atoms with Crippen LogP contribution in [0.5, 0.6) is 23.0 Å². The maximum Gasteiger partial charge on any atom is 0.204 e. The number of hydrogen-bond donors (Lipinski definition) is 0. The molecule has 122 valence electrons. The number of benzene rings is 2. The Morgan fingerprint density at radius 3 is 2.39 bits per heavy atom. The van der Waals surface area contributed by atoms with Crippen molar-refractivity contribution in [2.24, 2.45) is 0 Å². The van der Waals surface area contributed by atoms with Crippen LogP contribution in [-0.4, -0.2) is 20.0 Å². The highest BCUT2D eigenvalue weighted by Crippen LogP contribution is 2.40. The molecule has 0 unspecified atom stereocenters. The summed E-state index contributed by atoms with van der Waals surface area (Å²) < 4.78 is 17.1. The lowest BCUT2D eigenvalue weighted by molar-refractivity contribution is 0.112. The van der Waals surface area contributed by atoms with E-state index in [1.165, 1.54) is 0 Å². The zero-order chi connectivity index (χ0) is 16.7. The van der Waals surface area contributed by atoms with Gasteiger partial charge in [0.1, 0.15) is 12.0 Å². The number of hydrogen-bond acceptors (Lipinski definition) is 4. The molecule has 0 aliphatic rings. The molecule has 0 aromatic heterocycles. The summed E-state index contributed by atoms with van der Waals surface area (Å²) >= 11 is 0. The van der Waals surface area contributed by atoms with Gasteiger partial charge in [-0.25, -0.2) is 0 Å². The topological polar surface area (TPSA) is 44.8 Å². The highest BCUT2D eigenvalue weighted by Gasteiger charge is 2.15. The fourth-order valence-corrected chi connectivity index (χ4v) is 2.09. The first-order valence-electron chi connectivity index (χ1n) is 7.72. The van der Waals surface area contributed by atoms with Gasteiger partial charge in [-0.2, -0.15) is 0 Å². The van der Waals surface area contributed by atoms with Crippen molar-refractivity contribution in [2.45, 2.75) is 26.7 Å². The Hall–Kier alpha value is -2.49. The molecule has 0 heterocycles. The van der Waals surface area contributed by atoms with Crippen LogP contribution in [0.15, 0.2) is 36.4 Å². The SMILES string of the molecule is CCCCOc1c(OC)cc(C=O)cc1Oc1ccc(C)cc1. The van der Waals surface area contributed by atoms with Crippen LogP contribution in [0.1, 0.15) is 35.7 Å². The third-order valence-electron chi connectivity index (χ3n) is 3.39. The molecule has 0 saturated carbocycles. The van der Waals surface area contributed by atoms with Gasteiger partial charge >= 0.3 is 0 Å². The molecule has 23 heavy (non-hydrogen) atoms. The Balaban J connectivity index is 2.36. The number of aldehydes is 1. The van der Waals surface area contributed by atoms with Crippen molar-refractivity contribution >= 4 is 6.29 Å². The summed E-state index contributed by atoms with van der Waals surface area (Å²) in [5, 5.41) is 0. The van der Waals surface area contributed by atoms with Crippen LogP contribution in [0, 0.1) is 6.92 Å². The summed E-state index contributed by atoms with van der Waals surface area (Å²) in [4.78, 5) is 11.1. The minimum absolute atomic E-state index is 0.478. The molecule has 4 nitrogen and oxygen atoms in total. The fourth-order valence-electron chi connectivity index (χ4n) is 2.09. The van der Waals surface area contributed by atoms with E-state index in [0.29, 0.717) is 35.2 Å². The summed E-state index contributed by atoms with van der Waals surface area (Å²) in [6.45, 7) is 4.68. The highest BCUT2D eigenvalue weighted by molar-refractivity contribution is 5.78. The second-order valence-electron chi connectivity index (χ2n) is 5.29. The highest BCUT2D eigenvalue weighted by atomic mass is 16.5. The van der Waals surface area contributed by atoms with Crippen LogP contribution in [0.25, 0.3) is 0 Å². The maximum absolute atomic E-state index is 11.1. The van der Waals surface area contributed by atoms with E-state index in [2.05, 4.69) is 6.92 Å². The van der Waals surface area contributed by atoms with Crippen LogP contribution >= 0.6 is 0 Å². The maximum atomic E-state index is 11.1. The van der Waals surface area contributed by atoms with Gasteiger partial charge in [-0.15, -0.1) is 0 Å². The second-order valence-corrected chi connectivity index (χ2v) is 5.29. The first-order chi connectivity index (χ1) is 11.2. The van der Waals surface area contributed by atoms with Gasteiger partial charge in [-0.05, 0) is 37.6 Å². The van der Waals surface area contributed by atoms with Crippen molar-refractivity contribution in [1.29, 1.82) is 0 Å². The number of aryl methyl sites for hydroxylation is 1. The first-order valence-corrected chi connectivity index (χ1v) is 7.72. The van der Waals surface area contributed by atoms with E-state index >= 15 is 0 Å². The number of ether oxygens (including phenoxy) is 3. The number of carbonyl (C=O) groups is 1. The molecular formula is C19H22O4. The molecule has 0 aliphatic carbocycles.